The summed E-state index contributed by atoms with van der Waals surface area (Å²) in [5.41, 5.74) is 1.14. The smallest absolute Gasteiger partial charge is 0.298 e. The van der Waals surface area contributed by atoms with Crippen LogP contribution in [-0.2, 0) is 0 Å². The maximum atomic E-state index is 10.5. The maximum Gasteiger partial charge on any atom is 0.307 e. The van der Waals surface area contributed by atoms with E-state index in [1.54, 1.807) is 24.3 Å². The molecule has 0 fully saturated rings. The highest BCUT2D eigenvalue weighted by Gasteiger charge is 2.09. The second-order valence-corrected chi connectivity index (χ2v) is 3.11. The van der Waals surface area contributed by atoms with Crippen molar-refractivity contribution in [3.63, 3.8) is 0 Å². The van der Waals surface area contributed by atoms with Gasteiger partial charge in [0, 0.05) is 5.56 Å². The molecule has 0 saturated carbocycles. The van der Waals surface area contributed by atoms with Crippen molar-refractivity contribution >= 4 is 12.0 Å². The van der Waals surface area contributed by atoms with E-state index in [9.17, 15) is 14.9 Å². The molecule has 2 aromatic rings. The molecule has 6 heteroatoms. The van der Waals surface area contributed by atoms with Gasteiger partial charge in [0.2, 0.25) is 0 Å². The molecule has 0 aliphatic heterocycles. The van der Waals surface area contributed by atoms with Gasteiger partial charge in [0.15, 0.2) is 0 Å². The van der Waals surface area contributed by atoms with Gasteiger partial charge in [-0.05, 0) is 24.3 Å². The average molecular weight is 217 g/mol. The third-order valence-corrected chi connectivity index (χ3v) is 2.07. The molecule has 0 aliphatic rings. The number of hydrogen-bond acceptors (Lipinski definition) is 4. The van der Waals surface area contributed by atoms with E-state index < -0.39 is 4.92 Å². The van der Waals surface area contributed by atoms with Crippen LogP contribution in [0.3, 0.4) is 0 Å². The molecule has 0 N–H and O–H groups in total. The Morgan fingerprint density at radius 2 is 2.00 bits per heavy atom. The second-order valence-electron chi connectivity index (χ2n) is 3.11. The number of hydrogen-bond donors (Lipinski definition) is 0. The van der Waals surface area contributed by atoms with E-state index >= 15 is 0 Å². The Balaban J connectivity index is 2.35. The summed E-state index contributed by atoms with van der Waals surface area (Å²) in [5.74, 6) is 0. The van der Waals surface area contributed by atoms with Crippen LogP contribution < -0.4 is 0 Å². The van der Waals surface area contributed by atoms with E-state index in [-0.39, 0.29) is 5.69 Å². The van der Waals surface area contributed by atoms with E-state index in [2.05, 4.69) is 5.10 Å². The van der Waals surface area contributed by atoms with Crippen LogP contribution in [0.4, 0.5) is 5.69 Å². The summed E-state index contributed by atoms with van der Waals surface area (Å²) in [5, 5.41) is 14.3. The van der Waals surface area contributed by atoms with Gasteiger partial charge in [-0.15, -0.1) is 0 Å². The van der Waals surface area contributed by atoms with Crippen molar-refractivity contribution in [2.45, 2.75) is 0 Å². The molecule has 6 nitrogen and oxygen atoms in total. The number of carbonyl (C=O) groups excluding carboxylic acids is 1. The molecule has 1 heterocycles. The summed E-state index contributed by atoms with van der Waals surface area (Å²) >= 11 is 0. The molecule has 1 aromatic carbocycles. The SMILES string of the molecule is O=Cc1ccc(-n2cc([N+](=O)[O-])cn2)cc1. The minimum Gasteiger partial charge on any atom is -0.298 e. The Bertz CT molecular complexity index is 530. The minimum absolute atomic E-state index is 0.0699. The van der Waals surface area contributed by atoms with Crippen LogP contribution in [-0.4, -0.2) is 21.0 Å². The Kier molecular flexibility index (Phi) is 2.47. The van der Waals surface area contributed by atoms with E-state index in [4.69, 9.17) is 0 Å². The third kappa shape index (κ3) is 1.81. The van der Waals surface area contributed by atoms with Crippen molar-refractivity contribution in [1.29, 1.82) is 0 Å². The fourth-order valence-electron chi connectivity index (χ4n) is 1.25. The predicted molar refractivity (Wildman–Crippen MR) is 55.6 cm³/mol. The van der Waals surface area contributed by atoms with Gasteiger partial charge >= 0.3 is 5.69 Å². The molecule has 0 aliphatic carbocycles. The molecule has 0 amide bonds. The van der Waals surface area contributed by atoms with Gasteiger partial charge in [-0.2, -0.15) is 5.10 Å². The van der Waals surface area contributed by atoms with Crippen molar-refractivity contribution in [2.75, 3.05) is 0 Å². The van der Waals surface area contributed by atoms with Crippen LogP contribution in [0.15, 0.2) is 36.7 Å². The zero-order chi connectivity index (χ0) is 11.5. The van der Waals surface area contributed by atoms with Crippen LogP contribution in [0.2, 0.25) is 0 Å². The fourth-order valence-corrected chi connectivity index (χ4v) is 1.25. The van der Waals surface area contributed by atoms with Gasteiger partial charge in [0.25, 0.3) is 0 Å². The van der Waals surface area contributed by atoms with E-state index in [0.717, 1.165) is 6.29 Å². The molecule has 1 aromatic heterocycles. The number of carbonyl (C=O) groups is 1. The number of rotatable bonds is 3. The monoisotopic (exact) mass is 217 g/mol. The Hall–Kier alpha value is -2.50. The third-order valence-electron chi connectivity index (χ3n) is 2.07. The second kappa shape index (κ2) is 3.93. The first-order chi connectivity index (χ1) is 7.70. The Morgan fingerprint density at radius 1 is 1.31 bits per heavy atom. The molecule has 0 saturated heterocycles. The molecule has 2 rings (SSSR count). The topological polar surface area (TPSA) is 78.0 Å². The van der Waals surface area contributed by atoms with Crippen LogP contribution >= 0.6 is 0 Å². The summed E-state index contributed by atoms with van der Waals surface area (Å²) in [6.45, 7) is 0. The summed E-state index contributed by atoms with van der Waals surface area (Å²) in [6.07, 6.45) is 3.22. The van der Waals surface area contributed by atoms with Crippen molar-refractivity contribution in [2.24, 2.45) is 0 Å². The quantitative estimate of drug-likeness (QED) is 0.444. The molecule has 0 atom stereocenters. The molecular weight excluding hydrogens is 210 g/mol. The number of benzene rings is 1. The fraction of sp³-hybridized carbons (Fsp3) is 0. The lowest BCUT2D eigenvalue weighted by molar-refractivity contribution is -0.384. The number of nitrogens with zero attached hydrogens (tertiary/aromatic N) is 3. The van der Waals surface area contributed by atoms with Crippen LogP contribution in [0.1, 0.15) is 10.4 Å². The standard InChI is InChI=1S/C10H7N3O3/c14-7-8-1-3-9(4-2-8)12-6-10(5-11-12)13(15)16/h1-7H. The van der Waals surface area contributed by atoms with Crippen molar-refractivity contribution in [1.82, 2.24) is 9.78 Å². The summed E-state index contributed by atoms with van der Waals surface area (Å²) in [6, 6.07) is 6.58. The minimum atomic E-state index is -0.511. The van der Waals surface area contributed by atoms with Crippen LogP contribution in [0.25, 0.3) is 5.69 Å². The normalized spacial score (nSPS) is 10.0. The Morgan fingerprint density at radius 3 is 2.50 bits per heavy atom. The van der Waals surface area contributed by atoms with E-state index in [0.29, 0.717) is 11.3 Å². The lowest BCUT2D eigenvalue weighted by Gasteiger charge is -1.99. The molecule has 80 valence electrons. The van der Waals surface area contributed by atoms with Gasteiger partial charge in [0.1, 0.15) is 18.7 Å². The summed E-state index contributed by atoms with van der Waals surface area (Å²) in [4.78, 5) is 20.4. The zero-order valence-corrected chi connectivity index (χ0v) is 8.11. The average Bonchev–Trinajstić information content (AvgIpc) is 2.78. The Labute approximate surface area is 90.3 Å². The van der Waals surface area contributed by atoms with Crippen molar-refractivity contribution in [3.8, 4) is 5.69 Å². The molecule has 0 radical (unpaired) electrons. The van der Waals surface area contributed by atoms with E-state index in [1.165, 1.54) is 17.1 Å². The first-order valence-electron chi connectivity index (χ1n) is 4.45. The molecular formula is C10H7N3O3. The van der Waals surface area contributed by atoms with Gasteiger partial charge < -0.3 is 0 Å². The predicted octanol–water partition coefficient (Wildman–Crippen LogP) is 1.59. The highest BCUT2D eigenvalue weighted by molar-refractivity contribution is 5.75. The maximum absolute atomic E-state index is 10.5. The zero-order valence-electron chi connectivity index (χ0n) is 8.11. The first kappa shape index (κ1) is 10.0. The van der Waals surface area contributed by atoms with Gasteiger partial charge in [-0.1, -0.05) is 0 Å². The number of nitro groups is 1. The largest absolute Gasteiger partial charge is 0.307 e. The van der Waals surface area contributed by atoms with E-state index in [1.807, 2.05) is 0 Å². The molecule has 0 spiro atoms. The van der Waals surface area contributed by atoms with Gasteiger partial charge in [-0.3, -0.25) is 14.9 Å². The van der Waals surface area contributed by atoms with Crippen LogP contribution in [0, 0.1) is 10.1 Å². The number of aldehydes is 1. The van der Waals surface area contributed by atoms with Gasteiger partial charge in [-0.25, -0.2) is 4.68 Å². The summed E-state index contributed by atoms with van der Waals surface area (Å²) < 4.78 is 1.38. The highest BCUT2D eigenvalue weighted by Crippen LogP contribution is 2.13. The molecule has 0 bridgehead atoms. The lowest BCUT2D eigenvalue weighted by Crippen LogP contribution is -1.94. The summed E-state index contributed by atoms with van der Waals surface area (Å²) in [7, 11) is 0. The highest BCUT2D eigenvalue weighted by atomic mass is 16.6. The molecule has 16 heavy (non-hydrogen) atoms. The first-order valence-corrected chi connectivity index (χ1v) is 4.45. The van der Waals surface area contributed by atoms with Crippen molar-refractivity contribution in [3.05, 3.63) is 52.3 Å². The number of aromatic nitrogens is 2. The van der Waals surface area contributed by atoms with Crippen LogP contribution in [0.5, 0.6) is 0 Å². The van der Waals surface area contributed by atoms with Crippen molar-refractivity contribution < 1.29 is 9.72 Å². The van der Waals surface area contributed by atoms with Gasteiger partial charge in [0.05, 0.1) is 10.6 Å². The molecule has 0 unspecified atom stereocenters. The lowest BCUT2D eigenvalue weighted by atomic mass is 10.2.